The van der Waals surface area contributed by atoms with Crippen LogP contribution in [0.15, 0.2) is 58.6 Å². The highest BCUT2D eigenvalue weighted by Gasteiger charge is 2.25. The molecular weight excluding hydrogens is 470 g/mol. The number of thioether (sulfide) groups is 1. The fourth-order valence-corrected chi connectivity index (χ4v) is 6.30. The number of sulfonamides is 1. The number of carbonyl (C=O) groups excluding carboxylic acids is 1. The van der Waals surface area contributed by atoms with E-state index < -0.39 is 10.0 Å². The Bertz CT molecular complexity index is 1250. The molecule has 2 heterocycles. The lowest BCUT2D eigenvalue weighted by molar-refractivity contribution is -0.113. The number of nitrogens with one attached hydrogen (secondary N) is 1. The minimum Gasteiger partial charge on any atom is -0.325 e. The second-order valence-electron chi connectivity index (χ2n) is 8.33. The third kappa shape index (κ3) is 5.51. The van der Waals surface area contributed by atoms with Crippen molar-refractivity contribution in [1.29, 1.82) is 0 Å². The van der Waals surface area contributed by atoms with Gasteiger partial charge >= 0.3 is 0 Å². The molecule has 2 aromatic carbocycles. The maximum atomic E-state index is 12.9. The van der Waals surface area contributed by atoms with Crippen LogP contribution in [0.4, 0.5) is 5.69 Å². The third-order valence-corrected chi connectivity index (χ3v) is 8.67. The number of hydrogen-bond acceptors (Lipinski definition) is 6. The molecule has 1 aliphatic rings. The zero-order valence-electron chi connectivity index (χ0n) is 19.4. The van der Waals surface area contributed by atoms with E-state index in [1.165, 1.54) is 11.8 Å². The molecule has 1 N–H and O–H groups in total. The molecule has 8 nitrogen and oxygen atoms in total. The van der Waals surface area contributed by atoms with Crippen LogP contribution in [0, 0.1) is 13.8 Å². The number of aryl methyl sites for hydroxylation is 2. The van der Waals surface area contributed by atoms with Gasteiger partial charge in [-0.3, -0.25) is 9.36 Å². The number of benzene rings is 2. The molecule has 1 aliphatic heterocycles. The van der Waals surface area contributed by atoms with Gasteiger partial charge in [-0.15, -0.1) is 10.2 Å². The molecule has 34 heavy (non-hydrogen) atoms. The van der Waals surface area contributed by atoms with Gasteiger partial charge in [0.2, 0.25) is 15.9 Å². The smallest absolute Gasteiger partial charge is 0.243 e. The second-order valence-corrected chi connectivity index (χ2v) is 11.2. The summed E-state index contributed by atoms with van der Waals surface area (Å²) in [6.45, 7) is 5.02. The van der Waals surface area contributed by atoms with Crippen molar-refractivity contribution in [2.75, 3.05) is 24.2 Å². The van der Waals surface area contributed by atoms with Gasteiger partial charge in [0, 0.05) is 18.8 Å². The first-order chi connectivity index (χ1) is 16.4. The van der Waals surface area contributed by atoms with Gasteiger partial charge in [0.15, 0.2) is 5.16 Å². The van der Waals surface area contributed by atoms with Gasteiger partial charge in [0.25, 0.3) is 0 Å². The molecule has 0 atom stereocenters. The van der Waals surface area contributed by atoms with Crippen molar-refractivity contribution in [3.05, 3.63) is 59.9 Å². The van der Waals surface area contributed by atoms with Crippen molar-refractivity contribution >= 4 is 33.4 Å². The van der Waals surface area contributed by atoms with E-state index >= 15 is 0 Å². The molecule has 0 saturated carbocycles. The third-order valence-electron chi connectivity index (χ3n) is 5.82. The molecule has 10 heteroatoms. The zero-order valence-corrected chi connectivity index (χ0v) is 21.0. The minimum atomic E-state index is -3.51. The van der Waals surface area contributed by atoms with Gasteiger partial charge in [-0.2, -0.15) is 4.31 Å². The van der Waals surface area contributed by atoms with Crippen LogP contribution in [-0.4, -0.2) is 52.2 Å². The van der Waals surface area contributed by atoms with Crippen molar-refractivity contribution in [3.8, 4) is 5.69 Å². The highest BCUT2D eigenvalue weighted by Crippen LogP contribution is 2.25. The summed E-state index contributed by atoms with van der Waals surface area (Å²) in [5, 5.41) is 11.9. The zero-order chi connectivity index (χ0) is 24.1. The van der Waals surface area contributed by atoms with Gasteiger partial charge in [0.05, 0.1) is 16.3 Å². The summed E-state index contributed by atoms with van der Waals surface area (Å²) in [6, 6.07) is 14.3. The summed E-state index contributed by atoms with van der Waals surface area (Å²) in [7, 11) is -3.51. The number of nitrogens with zero attached hydrogens (tertiary/aromatic N) is 4. The number of aromatic nitrogens is 3. The van der Waals surface area contributed by atoms with Crippen LogP contribution in [-0.2, 0) is 14.8 Å². The Morgan fingerprint density at radius 1 is 0.971 bits per heavy atom. The van der Waals surface area contributed by atoms with Crippen molar-refractivity contribution < 1.29 is 13.2 Å². The molecule has 1 amide bonds. The number of para-hydroxylation sites is 1. The monoisotopic (exact) mass is 499 g/mol. The summed E-state index contributed by atoms with van der Waals surface area (Å²) in [4.78, 5) is 12.8. The first-order valence-corrected chi connectivity index (χ1v) is 13.8. The van der Waals surface area contributed by atoms with Crippen LogP contribution in [0.25, 0.3) is 5.69 Å². The quantitative estimate of drug-likeness (QED) is 0.490. The Balaban J connectivity index is 1.39. The van der Waals surface area contributed by atoms with E-state index in [0.717, 1.165) is 42.8 Å². The average molecular weight is 500 g/mol. The molecule has 3 aromatic rings. The number of hydrogen-bond donors (Lipinski definition) is 1. The van der Waals surface area contributed by atoms with E-state index in [0.29, 0.717) is 23.9 Å². The predicted octanol–water partition coefficient (Wildman–Crippen LogP) is 4.18. The number of amides is 1. The molecule has 0 radical (unpaired) electrons. The number of anilines is 1. The Morgan fingerprint density at radius 2 is 1.65 bits per heavy atom. The maximum absolute atomic E-state index is 12.9. The molecule has 1 aromatic heterocycles. The van der Waals surface area contributed by atoms with Crippen molar-refractivity contribution in [3.63, 3.8) is 0 Å². The summed E-state index contributed by atoms with van der Waals surface area (Å²) in [5.41, 5.74) is 2.62. The molecule has 1 saturated heterocycles. The lowest BCUT2D eigenvalue weighted by Gasteiger charge is -2.20. The molecule has 0 unspecified atom stereocenters. The second kappa shape index (κ2) is 10.7. The largest absolute Gasteiger partial charge is 0.325 e. The first kappa shape index (κ1) is 24.4. The molecule has 1 fully saturated rings. The molecule has 0 aliphatic carbocycles. The highest BCUT2D eigenvalue weighted by atomic mass is 32.2. The molecule has 0 spiro atoms. The standard InChI is InChI=1S/C24H29N5O3S2/c1-18-9-5-6-10-22(18)29-19(2)26-27-24(29)33-17-23(30)25-20-11-13-21(14-12-20)34(31,32)28-15-7-3-4-8-16-28/h5-6,9-14H,3-4,7-8,15-17H2,1-2H3,(H,25,30). The van der Waals surface area contributed by atoms with Crippen LogP contribution in [0.1, 0.15) is 37.1 Å². The fourth-order valence-electron chi connectivity index (χ4n) is 4.00. The summed E-state index contributed by atoms with van der Waals surface area (Å²) >= 11 is 1.30. The van der Waals surface area contributed by atoms with Gasteiger partial charge in [-0.1, -0.05) is 42.8 Å². The minimum absolute atomic E-state index is 0.151. The van der Waals surface area contributed by atoms with Crippen LogP contribution in [0.5, 0.6) is 0 Å². The van der Waals surface area contributed by atoms with E-state index in [1.54, 1.807) is 28.6 Å². The maximum Gasteiger partial charge on any atom is 0.243 e. The number of carbonyl (C=O) groups is 1. The molecular formula is C24H29N5O3S2. The Hall–Kier alpha value is -2.69. The Labute approximate surface area is 204 Å². The van der Waals surface area contributed by atoms with Crippen LogP contribution >= 0.6 is 11.8 Å². The van der Waals surface area contributed by atoms with Crippen LogP contribution in [0.3, 0.4) is 0 Å². The Kier molecular flexibility index (Phi) is 7.70. The molecule has 4 rings (SSSR count). The van der Waals surface area contributed by atoms with E-state index in [1.807, 2.05) is 42.7 Å². The van der Waals surface area contributed by atoms with Gasteiger partial charge in [-0.05, 0) is 62.6 Å². The van der Waals surface area contributed by atoms with Crippen molar-refractivity contribution in [2.24, 2.45) is 0 Å². The van der Waals surface area contributed by atoms with Crippen molar-refractivity contribution in [2.45, 2.75) is 49.6 Å². The number of rotatable bonds is 7. The highest BCUT2D eigenvalue weighted by molar-refractivity contribution is 7.99. The average Bonchev–Trinajstić information content (AvgIpc) is 3.01. The van der Waals surface area contributed by atoms with E-state index in [4.69, 9.17) is 0 Å². The SMILES string of the molecule is Cc1ccccc1-n1c(C)nnc1SCC(=O)Nc1ccc(S(=O)(=O)N2CCCCCC2)cc1. The van der Waals surface area contributed by atoms with Gasteiger partial charge < -0.3 is 5.32 Å². The van der Waals surface area contributed by atoms with Crippen molar-refractivity contribution in [1.82, 2.24) is 19.1 Å². The summed E-state index contributed by atoms with van der Waals surface area (Å²) < 4.78 is 29.4. The van der Waals surface area contributed by atoms with E-state index in [-0.39, 0.29) is 16.6 Å². The molecule has 180 valence electrons. The normalized spacial score (nSPS) is 15.1. The first-order valence-electron chi connectivity index (χ1n) is 11.4. The Morgan fingerprint density at radius 3 is 2.32 bits per heavy atom. The van der Waals surface area contributed by atoms with E-state index in [9.17, 15) is 13.2 Å². The predicted molar refractivity (Wildman–Crippen MR) is 134 cm³/mol. The van der Waals surface area contributed by atoms with Gasteiger partial charge in [-0.25, -0.2) is 8.42 Å². The van der Waals surface area contributed by atoms with Crippen LogP contribution < -0.4 is 5.32 Å². The fraction of sp³-hybridized carbons (Fsp3) is 0.375. The summed E-state index contributed by atoms with van der Waals surface area (Å²) in [5.74, 6) is 0.696. The molecule has 0 bridgehead atoms. The van der Waals surface area contributed by atoms with Gasteiger partial charge in [0.1, 0.15) is 5.82 Å². The van der Waals surface area contributed by atoms with Crippen LogP contribution in [0.2, 0.25) is 0 Å². The lowest BCUT2D eigenvalue weighted by atomic mass is 10.2. The van der Waals surface area contributed by atoms with E-state index in [2.05, 4.69) is 15.5 Å². The lowest BCUT2D eigenvalue weighted by Crippen LogP contribution is -2.31. The summed E-state index contributed by atoms with van der Waals surface area (Å²) in [6.07, 6.45) is 3.91. The topological polar surface area (TPSA) is 97.2 Å².